The lowest BCUT2D eigenvalue weighted by Crippen LogP contribution is -2.63. The van der Waals surface area contributed by atoms with Crippen LogP contribution in [0.4, 0.5) is 0 Å². The van der Waals surface area contributed by atoms with E-state index in [2.05, 4.69) is 0 Å². The molecule has 0 amide bonds. The summed E-state index contributed by atoms with van der Waals surface area (Å²) in [7, 11) is 1.67. The van der Waals surface area contributed by atoms with Gasteiger partial charge in [-0.05, 0) is 25.7 Å². The summed E-state index contributed by atoms with van der Waals surface area (Å²) < 4.78 is 10.6. The molecule has 1 unspecified atom stereocenters. The molecule has 0 radical (unpaired) electrons. The van der Waals surface area contributed by atoms with Crippen LogP contribution >= 0.6 is 0 Å². The van der Waals surface area contributed by atoms with Crippen molar-refractivity contribution in [2.75, 3.05) is 26.9 Å². The zero-order chi connectivity index (χ0) is 10.9. The molecule has 1 atom stereocenters. The second-order valence-corrected chi connectivity index (χ2v) is 4.89. The first-order chi connectivity index (χ1) is 7.16. The minimum Gasteiger partial charge on any atom is -0.396 e. The molecule has 15 heavy (non-hydrogen) atoms. The zero-order valence-corrected chi connectivity index (χ0v) is 9.24. The smallest absolute Gasteiger partial charge is 0.0960 e. The number of hydrogen-bond donors (Lipinski definition) is 2. The number of methoxy groups -OCH3 is 1. The van der Waals surface area contributed by atoms with Gasteiger partial charge in [-0.15, -0.1) is 0 Å². The van der Waals surface area contributed by atoms with Crippen LogP contribution < -0.4 is 0 Å². The molecule has 88 valence electrons. The minimum atomic E-state index is -0.852. The lowest BCUT2D eigenvalue weighted by atomic mass is 9.56. The number of hydrogen-bond acceptors (Lipinski definition) is 4. The van der Waals surface area contributed by atoms with Crippen molar-refractivity contribution in [3.63, 3.8) is 0 Å². The first kappa shape index (κ1) is 11.3. The van der Waals surface area contributed by atoms with Gasteiger partial charge in [0, 0.05) is 19.1 Å². The summed E-state index contributed by atoms with van der Waals surface area (Å²) in [5, 5.41) is 20.0. The Bertz CT molecular complexity index is 217. The van der Waals surface area contributed by atoms with E-state index in [4.69, 9.17) is 9.47 Å². The Morgan fingerprint density at radius 1 is 1.47 bits per heavy atom. The monoisotopic (exact) mass is 216 g/mol. The molecule has 4 heteroatoms. The lowest BCUT2D eigenvalue weighted by molar-refractivity contribution is -0.233. The van der Waals surface area contributed by atoms with E-state index in [1.807, 2.05) is 0 Å². The van der Waals surface area contributed by atoms with Crippen LogP contribution in [0.15, 0.2) is 0 Å². The average Bonchev–Trinajstić information content (AvgIpc) is 2.18. The van der Waals surface area contributed by atoms with Gasteiger partial charge < -0.3 is 19.7 Å². The summed E-state index contributed by atoms with van der Waals surface area (Å²) in [6.07, 6.45) is 3.25. The Balaban J connectivity index is 2.06. The summed E-state index contributed by atoms with van der Waals surface area (Å²) in [6.45, 7) is 1.09. The maximum absolute atomic E-state index is 10.5. The van der Waals surface area contributed by atoms with Gasteiger partial charge in [0.15, 0.2) is 0 Å². The molecule has 2 N–H and O–H groups in total. The van der Waals surface area contributed by atoms with Gasteiger partial charge in [-0.2, -0.15) is 0 Å². The first-order valence-corrected chi connectivity index (χ1v) is 5.60. The van der Waals surface area contributed by atoms with E-state index in [1.54, 1.807) is 7.11 Å². The Hall–Kier alpha value is -0.160. The molecule has 1 saturated heterocycles. The van der Waals surface area contributed by atoms with Gasteiger partial charge >= 0.3 is 0 Å². The van der Waals surface area contributed by atoms with Crippen molar-refractivity contribution < 1.29 is 19.7 Å². The molecule has 2 rings (SSSR count). The molecule has 4 nitrogen and oxygen atoms in total. The van der Waals surface area contributed by atoms with Crippen LogP contribution in [-0.2, 0) is 9.47 Å². The highest BCUT2D eigenvalue weighted by molar-refractivity contribution is 5.08. The molecule has 2 aliphatic rings. The molecule has 0 spiro atoms. The molecule has 1 aliphatic carbocycles. The third-order valence-electron chi connectivity index (χ3n) is 4.08. The van der Waals surface area contributed by atoms with Crippen molar-refractivity contribution in [3.8, 4) is 0 Å². The lowest BCUT2D eigenvalue weighted by Gasteiger charge is -2.56. The topological polar surface area (TPSA) is 58.9 Å². The SMILES string of the molecule is COC1CC(CO)(C2(O)CCCOC2)C1. The van der Waals surface area contributed by atoms with E-state index in [0.717, 1.165) is 32.3 Å². The van der Waals surface area contributed by atoms with Crippen molar-refractivity contribution in [2.24, 2.45) is 5.41 Å². The van der Waals surface area contributed by atoms with Crippen LogP contribution in [0.3, 0.4) is 0 Å². The number of rotatable bonds is 3. The standard InChI is InChI=1S/C11H20O4/c1-14-9-5-10(6-9,7-12)11(13)3-2-4-15-8-11/h9,12-13H,2-8H2,1H3. The van der Waals surface area contributed by atoms with Crippen LogP contribution in [0.25, 0.3) is 0 Å². The third-order valence-corrected chi connectivity index (χ3v) is 4.08. The van der Waals surface area contributed by atoms with Gasteiger partial charge in [0.05, 0.1) is 24.9 Å². The Morgan fingerprint density at radius 2 is 2.20 bits per heavy atom. The van der Waals surface area contributed by atoms with Gasteiger partial charge in [-0.1, -0.05) is 0 Å². The van der Waals surface area contributed by atoms with Crippen molar-refractivity contribution in [3.05, 3.63) is 0 Å². The average molecular weight is 216 g/mol. The molecular weight excluding hydrogens is 196 g/mol. The molecular formula is C11H20O4. The zero-order valence-electron chi connectivity index (χ0n) is 9.24. The quantitative estimate of drug-likeness (QED) is 0.713. The maximum Gasteiger partial charge on any atom is 0.0960 e. The summed E-state index contributed by atoms with van der Waals surface area (Å²) in [4.78, 5) is 0. The highest BCUT2D eigenvalue weighted by atomic mass is 16.5. The Morgan fingerprint density at radius 3 is 2.67 bits per heavy atom. The fourth-order valence-corrected chi connectivity index (χ4v) is 2.83. The molecule has 0 aromatic heterocycles. The predicted molar refractivity (Wildman–Crippen MR) is 54.6 cm³/mol. The van der Waals surface area contributed by atoms with Gasteiger partial charge in [-0.3, -0.25) is 0 Å². The fraction of sp³-hybridized carbons (Fsp3) is 1.00. The van der Waals surface area contributed by atoms with E-state index in [-0.39, 0.29) is 12.7 Å². The summed E-state index contributed by atoms with van der Waals surface area (Å²) >= 11 is 0. The van der Waals surface area contributed by atoms with E-state index in [9.17, 15) is 10.2 Å². The summed E-state index contributed by atoms with van der Waals surface area (Å²) in [5.41, 5.74) is -1.25. The Labute approximate surface area is 90.2 Å². The summed E-state index contributed by atoms with van der Waals surface area (Å²) in [5.74, 6) is 0. The van der Waals surface area contributed by atoms with Gasteiger partial charge in [-0.25, -0.2) is 0 Å². The number of aliphatic hydroxyl groups excluding tert-OH is 1. The van der Waals surface area contributed by atoms with Crippen molar-refractivity contribution >= 4 is 0 Å². The van der Waals surface area contributed by atoms with E-state index >= 15 is 0 Å². The normalized spacial score (nSPS) is 46.2. The predicted octanol–water partition coefficient (Wildman–Crippen LogP) is 0.315. The van der Waals surface area contributed by atoms with E-state index in [1.165, 1.54) is 0 Å². The fourth-order valence-electron chi connectivity index (χ4n) is 2.83. The highest BCUT2D eigenvalue weighted by Crippen LogP contribution is 2.52. The Kier molecular flexibility index (Phi) is 3.03. The molecule has 2 fully saturated rings. The molecule has 0 bridgehead atoms. The van der Waals surface area contributed by atoms with Gasteiger partial charge in [0.1, 0.15) is 0 Å². The number of aliphatic hydroxyl groups is 2. The molecule has 1 aliphatic heterocycles. The molecule has 1 heterocycles. The molecule has 0 aromatic carbocycles. The van der Waals surface area contributed by atoms with Gasteiger partial charge in [0.25, 0.3) is 0 Å². The molecule has 0 aromatic rings. The van der Waals surface area contributed by atoms with E-state index in [0.29, 0.717) is 6.61 Å². The van der Waals surface area contributed by atoms with Crippen LogP contribution in [-0.4, -0.2) is 48.8 Å². The largest absolute Gasteiger partial charge is 0.396 e. The number of ether oxygens (including phenoxy) is 2. The van der Waals surface area contributed by atoms with Crippen LogP contribution in [0.2, 0.25) is 0 Å². The molecule has 1 saturated carbocycles. The highest BCUT2D eigenvalue weighted by Gasteiger charge is 2.58. The third kappa shape index (κ3) is 1.69. The maximum atomic E-state index is 10.5. The van der Waals surface area contributed by atoms with Crippen LogP contribution in [0, 0.1) is 5.41 Å². The summed E-state index contributed by atoms with van der Waals surface area (Å²) in [6, 6.07) is 0. The van der Waals surface area contributed by atoms with Crippen molar-refractivity contribution in [2.45, 2.75) is 37.4 Å². The first-order valence-electron chi connectivity index (χ1n) is 5.60. The van der Waals surface area contributed by atoms with Crippen LogP contribution in [0.5, 0.6) is 0 Å². The minimum absolute atomic E-state index is 0.0206. The van der Waals surface area contributed by atoms with E-state index < -0.39 is 11.0 Å². The second kappa shape index (κ2) is 4.01. The van der Waals surface area contributed by atoms with Crippen LogP contribution in [0.1, 0.15) is 25.7 Å². The van der Waals surface area contributed by atoms with Crippen molar-refractivity contribution in [1.29, 1.82) is 0 Å². The van der Waals surface area contributed by atoms with Crippen molar-refractivity contribution in [1.82, 2.24) is 0 Å². The van der Waals surface area contributed by atoms with Gasteiger partial charge in [0.2, 0.25) is 0 Å². The second-order valence-electron chi connectivity index (χ2n) is 4.89.